The van der Waals surface area contributed by atoms with E-state index in [1.165, 1.54) is 6.33 Å². The first-order chi connectivity index (χ1) is 26.2. The zero-order valence-corrected chi connectivity index (χ0v) is 32.3. The number of H-pyrrole nitrogens is 1. The van der Waals surface area contributed by atoms with Gasteiger partial charge in [-0.3, -0.25) is 9.36 Å². The molecule has 0 bridgehead atoms. The molecule has 3 aromatic carbocycles. The summed E-state index contributed by atoms with van der Waals surface area (Å²) in [4.78, 5) is 24.0. The minimum Gasteiger partial charge on any atom is -0.497 e. The van der Waals surface area contributed by atoms with Crippen LogP contribution in [0.2, 0.25) is 0 Å². The molecule has 0 amide bonds. The Balaban J connectivity index is 1.46. The van der Waals surface area contributed by atoms with Gasteiger partial charge in [0.05, 0.1) is 58.7 Å². The zero-order valence-electron chi connectivity index (χ0n) is 31.4. The quantitative estimate of drug-likeness (QED) is 0.0590. The molecule has 4 atom stereocenters. The van der Waals surface area contributed by atoms with Gasteiger partial charge in [-0.25, -0.2) is 14.6 Å². The molecule has 3 heterocycles. The van der Waals surface area contributed by atoms with Crippen molar-refractivity contribution in [3.8, 4) is 17.6 Å². The van der Waals surface area contributed by atoms with Crippen molar-refractivity contribution in [2.75, 3.05) is 27.4 Å². The summed E-state index contributed by atoms with van der Waals surface area (Å²) >= 11 is 0. The van der Waals surface area contributed by atoms with E-state index in [4.69, 9.17) is 28.0 Å². The third kappa shape index (κ3) is 8.20. The van der Waals surface area contributed by atoms with Crippen LogP contribution >= 0.6 is 8.53 Å². The molecule has 0 aliphatic carbocycles. The second-order valence-corrected chi connectivity index (χ2v) is 14.9. The maximum absolute atomic E-state index is 12.6. The minimum atomic E-state index is -1.58. The number of rotatable bonds is 17. The van der Waals surface area contributed by atoms with Crippen molar-refractivity contribution in [2.24, 2.45) is 0 Å². The van der Waals surface area contributed by atoms with Crippen molar-refractivity contribution in [3.05, 3.63) is 119 Å². The Labute approximate surface area is 316 Å². The third-order valence-electron chi connectivity index (χ3n) is 9.37. The van der Waals surface area contributed by atoms with Crippen molar-refractivity contribution in [2.45, 2.75) is 76.7 Å². The monoisotopic (exact) mass is 754 g/mol. The Hall–Kier alpha value is -4.67. The Morgan fingerprint density at radius 3 is 2.11 bits per heavy atom. The number of benzene rings is 3. The predicted octanol–water partition coefficient (Wildman–Crippen LogP) is 7.09. The lowest BCUT2D eigenvalue weighted by atomic mass is 9.79. The lowest BCUT2D eigenvalue weighted by Crippen LogP contribution is -2.41. The molecular formula is C40H47N6O7P. The molecule has 2 aromatic heterocycles. The fourth-order valence-corrected chi connectivity index (χ4v) is 8.54. The van der Waals surface area contributed by atoms with Crippen LogP contribution in [0.15, 0.2) is 96.3 Å². The molecule has 1 unspecified atom stereocenters. The van der Waals surface area contributed by atoms with Gasteiger partial charge < -0.3 is 33.0 Å². The summed E-state index contributed by atoms with van der Waals surface area (Å²) in [7, 11) is 1.70. The number of nitriles is 1. The van der Waals surface area contributed by atoms with Crippen molar-refractivity contribution < 1.29 is 28.0 Å². The molecule has 6 rings (SSSR count). The summed E-state index contributed by atoms with van der Waals surface area (Å²) in [6, 6.07) is 28.2. The van der Waals surface area contributed by atoms with Crippen LogP contribution in [0.5, 0.6) is 11.5 Å². The Morgan fingerprint density at radius 2 is 1.54 bits per heavy atom. The van der Waals surface area contributed by atoms with Gasteiger partial charge in [-0.1, -0.05) is 54.6 Å². The molecule has 1 N–H and O–H groups in total. The van der Waals surface area contributed by atoms with E-state index in [0.717, 1.165) is 16.7 Å². The number of ether oxygens (including phenoxy) is 4. The molecule has 1 fully saturated rings. The van der Waals surface area contributed by atoms with E-state index in [9.17, 15) is 10.1 Å². The molecule has 1 saturated heterocycles. The van der Waals surface area contributed by atoms with Gasteiger partial charge in [-0.2, -0.15) is 5.26 Å². The van der Waals surface area contributed by atoms with Crippen LogP contribution in [0.1, 0.15) is 63.5 Å². The van der Waals surface area contributed by atoms with Gasteiger partial charge in [0.25, 0.3) is 14.1 Å². The van der Waals surface area contributed by atoms with Crippen molar-refractivity contribution in [1.82, 2.24) is 24.2 Å². The lowest BCUT2D eigenvalue weighted by Gasteiger charge is -2.40. The average Bonchev–Trinajstić information content (AvgIpc) is 3.81. The average molecular weight is 755 g/mol. The SMILES string of the molecule is COc1ccc(C(O[C@H]2C[C@H](n3cnc4c(=O)[nH]cnc43)O[C@@H]2COP(OCCC#N)N(C(C)C)C(C)C)(c2ccccc2)c2ccc(OC)cc2)cc1. The zero-order chi connectivity index (χ0) is 38.2. The molecule has 13 nitrogen and oxygen atoms in total. The van der Waals surface area contributed by atoms with Gasteiger partial charge in [0.1, 0.15) is 29.4 Å². The van der Waals surface area contributed by atoms with E-state index in [0.29, 0.717) is 23.6 Å². The molecule has 1 aliphatic rings. The number of hydrogen-bond donors (Lipinski definition) is 1. The maximum atomic E-state index is 12.6. The topological polar surface area (TPSA) is 146 Å². The second-order valence-electron chi connectivity index (χ2n) is 13.4. The Morgan fingerprint density at radius 1 is 0.926 bits per heavy atom. The number of nitrogens with zero attached hydrogens (tertiary/aromatic N) is 5. The highest BCUT2D eigenvalue weighted by Gasteiger charge is 2.47. The Kier molecular flexibility index (Phi) is 12.8. The van der Waals surface area contributed by atoms with Crippen LogP contribution in [0.3, 0.4) is 0 Å². The second kappa shape index (κ2) is 17.6. The summed E-state index contributed by atoms with van der Waals surface area (Å²) in [6.07, 6.45) is 1.77. The molecule has 1 aliphatic heterocycles. The van der Waals surface area contributed by atoms with E-state index in [1.807, 2.05) is 66.7 Å². The van der Waals surface area contributed by atoms with Gasteiger partial charge in [-0.15, -0.1) is 0 Å². The normalized spacial score (nSPS) is 18.0. The smallest absolute Gasteiger partial charge is 0.278 e. The third-order valence-corrected chi connectivity index (χ3v) is 11.4. The predicted molar refractivity (Wildman–Crippen MR) is 205 cm³/mol. The summed E-state index contributed by atoms with van der Waals surface area (Å²) in [5.41, 5.74) is 1.79. The summed E-state index contributed by atoms with van der Waals surface area (Å²) < 4.78 is 42.4. The van der Waals surface area contributed by atoms with Gasteiger partial charge in [0.15, 0.2) is 11.2 Å². The number of hydrogen-bond acceptors (Lipinski definition) is 11. The van der Waals surface area contributed by atoms with Crippen LogP contribution in [0.25, 0.3) is 11.2 Å². The van der Waals surface area contributed by atoms with E-state index in [1.54, 1.807) is 25.1 Å². The number of fused-ring (bicyclic) bond motifs is 1. The standard InChI is InChI=1S/C40H47N6O7P/c1-27(2)46(28(3)4)54(50-22-10-21-41)51-24-35-34(23-36(52-35)45-26-44-37-38(45)42-25-43-39(37)47)53-40(29-11-8-7-9-12-29,30-13-17-32(48-5)18-14-30)31-15-19-33(49-6)20-16-31/h7-9,11-20,25-28,34-36H,10,22-24H2,1-6H3,(H,42,43,47)/t34-,35+,36+,54?/m0/s1. The van der Waals surface area contributed by atoms with Crippen molar-refractivity contribution in [1.29, 1.82) is 5.26 Å². The molecular weight excluding hydrogens is 707 g/mol. The number of imidazole rings is 1. The molecule has 54 heavy (non-hydrogen) atoms. The first kappa shape index (κ1) is 39.0. The van der Waals surface area contributed by atoms with Crippen LogP contribution in [0.4, 0.5) is 0 Å². The first-order valence-electron chi connectivity index (χ1n) is 18.0. The van der Waals surface area contributed by atoms with E-state index in [2.05, 4.69) is 65.5 Å². The fourth-order valence-electron chi connectivity index (χ4n) is 6.93. The van der Waals surface area contributed by atoms with Crippen LogP contribution < -0.4 is 15.0 Å². The van der Waals surface area contributed by atoms with Crippen LogP contribution in [0, 0.1) is 11.3 Å². The fraction of sp³-hybridized carbons (Fsp3) is 0.400. The maximum Gasteiger partial charge on any atom is 0.278 e. The van der Waals surface area contributed by atoms with Gasteiger partial charge in [0.2, 0.25) is 0 Å². The highest BCUT2D eigenvalue weighted by Crippen LogP contribution is 2.49. The van der Waals surface area contributed by atoms with Crippen LogP contribution in [-0.4, -0.2) is 75.9 Å². The number of aromatic nitrogens is 4. The number of aromatic amines is 1. The molecule has 0 radical (unpaired) electrons. The number of nitrogens with one attached hydrogen (secondary N) is 1. The van der Waals surface area contributed by atoms with Gasteiger partial charge >= 0.3 is 0 Å². The number of methoxy groups -OCH3 is 2. The van der Waals surface area contributed by atoms with Gasteiger partial charge in [0, 0.05) is 18.5 Å². The van der Waals surface area contributed by atoms with E-state index >= 15 is 0 Å². The summed E-state index contributed by atoms with van der Waals surface area (Å²) in [6.45, 7) is 8.73. The molecule has 5 aromatic rings. The summed E-state index contributed by atoms with van der Waals surface area (Å²) in [5.74, 6) is 1.43. The lowest BCUT2D eigenvalue weighted by molar-refractivity contribution is -0.0968. The van der Waals surface area contributed by atoms with Crippen molar-refractivity contribution >= 4 is 19.7 Å². The van der Waals surface area contributed by atoms with Crippen LogP contribution in [-0.2, 0) is 24.1 Å². The van der Waals surface area contributed by atoms with E-state index < -0.39 is 32.6 Å². The first-order valence-corrected chi connectivity index (χ1v) is 19.1. The summed E-state index contributed by atoms with van der Waals surface area (Å²) in [5, 5.41) is 9.27. The largest absolute Gasteiger partial charge is 0.497 e. The molecule has 0 spiro atoms. The van der Waals surface area contributed by atoms with Gasteiger partial charge in [-0.05, 0) is 68.7 Å². The molecule has 14 heteroatoms. The minimum absolute atomic E-state index is 0.111. The van der Waals surface area contributed by atoms with E-state index in [-0.39, 0.29) is 42.8 Å². The molecule has 0 saturated carbocycles. The molecule has 284 valence electrons. The highest BCUT2D eigenvalue weighted by molar-refractivity contribution is 7.44. The Bertz CT molecular complexity index is 1990. The highest BCUT2D eigenvalue weighted by atomic mass is 31.2. The van der Waals surface area contributed by atoms with Crippen molar-refractivity contribution in [3.63, 3.8) is 0 Å².